The number of anilines is 4. The van der Waals surface area contributed by atoms with Gasteiger partial charge in [-0.05, 0) is 76.3 Å². The first-order valence-corrected chi connectivity index (χ1v) is 42.3. The number of carbonyl (C=O) groups excluding carboxylic acids is 11. The number of nitrogens with one attached hydrogen (secondary N) is 1. The van der Waals surface area contributed by atoms with E-state index in [1.165, 1.54) is 135 Å². The highest BCUT2D eigenvalue weighted by atomic mass is 35.5. The average Bonchev–Trinajstić information content (AvgIpc) is 1.63. The third-order valence-corrected chi connectivity index (χ3v) is 20.5. The van der Waals surface area contributed by atoms with Crippen molar-refractivity contribution in [1.82, 2.24) is 94.5 Å². The Kier molecular flexibility index (Phi) is 37.9. The van der Waals surface area contributed by atoms with Gasteiger partial charge in [0.1, 0.15) is 59.1 Å². The van der Waals surface area contributed by atoms with Crippen molar-refractivity contribution >= 4 is 182 Å². The first kappa shape index (κ1) is 103. The van der Waals surface area contributed by atoms with Crippen molar-refractivity contribution < 1.29 is 108 Å². The van der Waals surface area contributed by atoms with Crippen LogP contribution in [0.25, 0.3) is 0 Å². The number of aromatic nitrogens is 12. The molecule has 0 aromatic carbocycles. The molecular formula is C78H82Cl9N25O19. The monoisotopic (exact) mass is 1990 g/mol. The van der Waals surface area contributed by atoms with Crippen molar-refractivity contribution in [3.05, 3.63) is 189 Å². The van der Waals surface area contributed by atoms with Crippen LogP contribution >= 0.6 is 92.8 Å². The normalized spacial score (nSPS) is 18.5. The van der Waals surface area contributed by atoms with Crippen LogP contribution < -0.4 is 37.3 Å². The third kappa shape index (κ3) is 26.3. The molecule has 131 heavy (non-hydrogen) atoms. The van der Waals surface area contributed by atoms with Crippen LogP contribution in [0.4, 0.5) is 56.8 Å². The van der Waals surface area contributed by atoms with Gasteiger partial charge >= 0.3 is 42.0 Å². The van der Waals surface area contributed by atoms with Crippen molar-refractivity contribution in [3.8, 4) is 6.07 Å². The number of hydrogen-bond donors (Lipinski definition) is 2. The number of aliphatic hydroxyl groups is 1. The Bertz CT molecular complexity index is 5380. The fraction of sp³-hybridized carbons (Fsp3) is 0.385. The Morgan fingerprint density at radius 1 is 0.412 bits per heavy atom. The van der Waals surface area contributed by atoms with Crippen molar-refractivity contribution in [2.45, 2.75) is 69.3 Å². The summed E-state index contributed by atoms with van der Waals surface area (Å²) in [7, 11) is 4.72. The number of hydrogen-bond acceptors (Lipinski definition) is 34. The molecule has 4 fully saturated rings. The highest BCUT2D eigenvalue weighted by molar-refractivity contribution is 6.61. The number of fused-ring (bicyclic) bond motifs is 4. The lowest BCUT2D eigenvalue weighted by Gasteiger charge is -2.38. The van der Waals surface area contributed by atoms with Crippen LogP contribution in [0.2, 0.25) is 20.1 Å². The summed E-state index contributed by atoms with van der Waals surface area (Å²) < 4.78 is 36.9. The van der Waals surface area contributed by atoms with Gasteiger partial charge in [0, 0.05) is 179 Å². The largest absolute Gasteiger partial charge is 1.00 e. The number of carbonyl (C=O) groups is 11. The van der Waals surface area contributed by atoms with Gasteiger partial charge in [0.2, 0.25) is 24.9 Å². The fourth-order valence-electron chi connectivity index (χ4n) is 13.0. The van der Waals surface area contributed by atoms with Crippen LogP contribution in [-0.2, 0) is 33.2 Å². The zero-order valence-electron chi connectivity index (χ0n) is 70.3. The molecule has 0 bridgehead atoms. The van der Waals surface area contributed by atoms with Crippen molar-refractivity contribution in [2.75, 3.05) is 146 Å². The zero-order chi connectivity index (χ0) is 94.2. The van der Waals surface area contributed by atoms with E-state index >= 15 is 0 Å². The third-order valence-electron chi connectivity index (χ3n) is 19.3. The van der Waals surface area contributed by atoms with Gasteiger partial charge in [-0.2, -0.15) is 10.1 Å². The number of pyridine rings is 4. The van der Waals surface area contributed by atoms with E-state index in [0.717, 1.165) is 20.2 Å². The second-order valence-electron chi connectivity index (χ2n) is 28.0. The molecule has 0 saturated carbocycles. The Morgan fingerprint density at radius 3 is 0.916 bits per heavy atom. The lowest BCUT2D eigenvalue weighted by Crippen LogP contribution is -3.00. The molecule has 10 amide bonds. The predicted molar refractivity (Wildman–Crippen MR) is 464 cm³/mol. The van der Waals surface area contributed by atoms with Crippen LogP contribution in [0.15, 0.2) is 123 Å². The van der Waals surface area contributed by atoms with E-state index in [1.54, 1.807) is 72.3 Å². The standard InChI is InChI=1S/C20H21Cl2N6O5.C19H18Cl2N6O5.C17H17ClN6O3.C16H15ClN6O3.C3H4Cl2O2.C2H3N.CH4O.ClH/c1-12(21)32-20(31)28(2)9-7-26(8-10-28)19(30)33-18-16-15(23-5-6-24-16)17(29)27(18)14-4-3-13(22)11-25-14;1-11(20)31-18(29)25-6-8-26(9-7-25)19(30)32-17-15-14(22-4-5-23-15)16(28)27(17)13-3-2-12(21)10-24-13;1-22-6-8-23(9-7-22)17(26)27-16-14-13(19-4-5-20-14)15(25)24(16)12-3-2-11(18)10-21-12;17-10-1-2-11(21-9-10)23-14(24)12-13(20-4-3-19-12)15(23)26-16(25)22-7-5-18-6-8-22;1-2(4)7-3(5)6;1-2-3;1-2;/h3-6,11-12,18H,7-10H2,1-2H3;2-5,10-11,17H,6-9H2,1H3;2-5,10,16H,6-9H2,1H3;1-4,9,15,18H,5-8H2;2H,1H3;1H3;2H,1H3;1H/q+1;;;;;;;/p-1/t12?,18-;11?,17-;16-;15-;;;;/m0000..../s1. The number of nitriles is 1. The quantitative estimate of drug-likeness (QED) is 0.0553. The van der Waals surface area contributed by atoms with Gasteiger partial charge in [-0.3, -0.25) is 44.0 Å². The van der Waals surface area contributed by atoms with Crippen molar-refractivity contribution in [3.63, 3.8) is 0 Å². The molecule has 16 heterocycles. The average molecular weight is 1990 g/mol. The van der Waals surface area contributed by atoms with Gasteiger partial charge < -0.3 is 80.5 Å². The molecular weight excluding hydrogens is 1910 g/mol. The van der Waals surface area contributed by atoms with Gasteiger partial charge in [-0.25, -0.2) is 92.7 Å². The number of nitrogens with zero attached hydrogens (tertiary/aromatic N) is 24. The van der Waals surface area contributed by atoms with E-state index in [2.05, 4.69) is 74.8 Å². The molecule has 0 aliphatic carbocycles. The molecule has 53 heteroatoms. The summed E-state index contributed by atoms with van der Waals surface area (Å²) in [5.74, 6) is -0.763. The maximum absolute atomic E-state index is 13.0. The molecule has 0 radical (unpaired) electrons. The number of rotatable bonds is 11. The van der Waals surface area contributed by atoms with Crippen LogP contribution in [0.5, 0.6) is 0 Å². The molecule has 696 valence electrons. The first-order valence-electron chi connectivity index (χ1n) is 39.1. The lowest BCUT2D eigenvalue weighted by atomic mass is 10.3. The Hall–Kier alpha value is -12.0. The molecule has 16 rings (SSSR count). The van der Waals surface area contributed by atoms with Gasteiger partial charge in [0.25, 0.3) is 23.6 Å². The summed E-state index contributed by atoms with van der Waals surface area (Å²) in [5, 5.41) is 19.1. The summed E-state index contributed by atoms with van der Waals surface area (Å²) in [4.78, 5) is 201. The Balaban J connectivity index is 0.000000189. The number of piperazine rings is 4. The Labute approximate surface area is 793 Å². The summed E-state index contributed by atoms with van der Waals surface area (Å²) in [6.07, 6.45) is 9.28. The fourth-order valence-corrected chi connectivity index (χ4v) is 13.8. The van der Waals surface area contributed by atoms with Crippen LogP contribution in [0, 0.1) is 11.3 Å². The molecule has 4 saturated heterocycles. The second-order valence-corrected chi connectivity index (χ2v) is 31.8. The second kappa shape index (κ2) is 48.3. The van der Waals surface area contributed by atoms with E-state index in [9.17, 15) is 52.7 Å². The van der Waals surface area contributed by atoms with Gasteiger partial charge in [0.15, 0.2) is 39.5 Å². The summed E-state index contributed by atoms with van der Waals surface area (Å²) in [6, 6.07) is 14.4. The van der Waals surface area contributed by atoms with Gasteiger partial charge in [0.05, 0.1) is 46.3 Å². The van der Waals surface area contributed by atoms with E-state index in [1.807, 2.05) is 7.05 Å². The molecule has 8 aromatic heterocycles. The number of amides is 10. The highest BCUT2D eigenvalue weighted by Crippen LogP contribution is 2.41. The van der Waals surface area contributed by atoms with Crippen molar-refractivity contribution in [2.24, 2.45) is 0 Å². The SMILES string of the molecule is CC#N.CC(Cl)OC(=O)Cl.CC(Cl)OC(=O)N1CCN(C(=O)O[C@H]2c3nccnc3C(=O)N2c2ccc(Cl)cn2)CC1.CC(Cl)OC(=O)[N+]1(C)CCN(C(=O)O[C@H]2c3nccnc3C(=O)N2c2ccc(Cl)cn2)CC1.CN1CCN(C(=O)O[C@H]2c3nccnc3C(=O)N2c2ccc(Cl)cn2)CC1.CO.O=C(O[C@H]1c2nccnc2C(=O)N1c1ccc(Cl)cn1)N1CCNCC1.[Cl-]. The maximum atomic E-state index is 13.0. The topological polar surface area (TPSA) is 496 Å². The van der Waals surface area contributed by atoms with Gasteiger partial charge in [-0.1, -0.05) is 81.2 Å². The number of quaternary nitrogens is 1. The number of halogens is 9. The molecule has 8 aliphatic rings. The summed E-state index contributed by atoms with van der Waals surface area (Å²) in [5.41, 5.74) is -1.56. The molecule has 3 unspecified atom stereocenters. The minimum absolute atomic E-state index is 0. The van der Waals surface area contributed by atoms with Crippen LogP contribution in [0.1, 0.15) is 117 Å². The molecule has 0 spiro atoms. The molecule has 8 aliphatic heterocycles. The summed E-state index contributed by atoms with van der Waals surface area (Å²) >= 11 is 44.9. The van der Waals surface area contributed by atoms with Crippen LogP contribution in [0.3, 0.4) is 0 Å². The predicted octanol–water partition coefficient (Wildman–Crippen LogP) is 7.35. The van der Waals surface area contributed by atoms with E-state index in [0.29, 0.717) is 89.8 Å². The summed E-state index contributed by atoms with van der Waals surface area (Å²) in [6.45, 7) is 13.2. The van der Waals surface area contributed by atoms with E-state index in [-0.39, 0.29) is 108 Å². The number of ether oxygens (including phenoxy) is 7. The van der Waals surface area contributed by atoms with Crippen LogP contribution in [-0.4, -0.2) is 307 Å². The van der Waals surface area contributed by atoms with Gasteiger partial charge in [-0.15, -0.1) is 0 Å². The number of alkyl halides is 3. The zero-order valence-corrected chi connectivity index (χ0v) is 77.1. The maximum Gasteiger partial charge on any atom is 0.517 e. The molecule has 8 aromatic rings. The van der Waals surface area contributed by atoms with Crippen molar-refractivity contribution in [1.29, 1.82) is 5.26 Å². The minimum atomic E-state index is -1.15. The Morgan fingerprint density at radius 2 is 0.664 bits per heavy atom. The lowest BCUT2D eigenvalue weighted by molar-refractivity contribution is -0.842. The number of aliphatic hydroxyl groups excluding tert-OH is 1. The molecule has 2 N–H and O–H groups in total. The first-order chi connectivity index (χ1) is 62.3. The smallest absolute Gasteiger partial charge is 0.517 e. The minimum Gasteiger partial charge on any atom is -1.00 e. The van der Waals surface area contributed by atoms with E-state index in [4.69, 9.17) is 132 Å². The molecule has 44 nitrogen and oxygen atoms in total. The number of likely N-dealkylation sites (N-methyl/N-ethyl adjacent to an activating group) is 2. The highest BCUT2D eigenvalue weighted by Gasteiger charge is 2.50. The van der Waals surface area contributed by atoms with E-state index < -0.39 is 107 Å². The molecule has 7 atom stereocenters.